The summed E-state index contributed by atoms with van der Waals surface area (Å²) < 4.78 is 16.8. The molecular weight excluding hydrogens is 296 g/mol. The lowest BCUT2D eigenvalue weighted by atomic mass is 10.2. The summed E-state index contributed by atoms with van der Waals surface area (Å²) in [6.07, 6.45) is 0.885. The number of hydrogen-bond acceptors (Lipinski definition) is 7. The van der Waals surface area contributed by atoms with Crippen LogP contribution >= 0.6 is 0 Å². The molecule has 1 fully saturated rings. The summed E-state index contributed by atoms with van der Waals surface area (Å²) in [7, 11) is 2.08. The quantitative estimate of drug-likeness (QED) is 0.899. The van der Waals surface area contributed by atoms with E-state index in [0.29, 0.717) is 24.9 Å². The first-order valence-corrected chi connectivity index (χ1v) is 7.96. The first-order valence-electron chi connectivity index (χ1n) is 7.96. The molecule has 3 heterocycles. The average Bonchev–Trinajstić information content (AvgIpc) is 2.94. The molecule has 0 radical (unpaired) electrons. The maximum Gasteiger partial charge on any atom is 0.258 e. The van der Waals surface area contributed by atoms with Gasteiger partial charge in [-0.3, -0.25) is 4.90 Å². The highest BCUT2D eigenvalue weighted by Crippen LogP contribution is 2.34. The Kier molecular flexibility index (Phi) is 3.88. The number of benzene rings is 1. The van der Waals surface area contributed by atoms with Gasteiger partial charge in [0, 0.05) is 31.6 Å². The van der Waals surface area contributed by atoms with Crippen molar-refractivity contribution in [3.05, 3.63) is 24.0 Å². The highest BCUT2D eigenvalue weighted by atomic mass is 16.5. The van der Waals surface area contributed by atoms with Gasteiger partial charge >= 0.3 is 0 Å². The summed E-state index contributed by atoms with van der Waals surface area (Å²) in [6, 6.07) is 5.87. The molecular formula is C16H20N4O3. The third kappa shape index (κ3) is 2.89. The van der Waals surface area contributed by atoms with Crippen LogP contribution in [0.4, 0.5) is 0 Å². The van der Waals surface area contributed by atoms with Crippen molar-refractivity contribution in [1.82, 2.24) is 20.4 Å². The summed E-state index contributed by atoms with van der Waals surface area (Å²) in [5.74, 6) is 2.72. The van der Waals surface area contributed by atoms with Crippen molar-refractivity contribution < 1.29 is 14.0 Å². The number of likely N-dealkylation sites (N-methyl/N-ethyl adjacent to an activating group) is 1. The summed E-state index contributed by atoms with van der Waals surface area (Å²) in [6.45, 7) is 4.12. The Balaban J connectivity index is 1.60. The van der Waals surface area contributed by atoms with E-state index >= 15 is 0 Å². The van der Waals surface area contributed by atoms with Crippen molar-refractivity contribution in [2.24, 2.45) is 0 Å². The summed E-state index contributed by atoms with van der Waals surface area (Å²) in [5, 5.41) is 7.52. The lowest BCUT2D eigenvalue weighted by Gasteiger charge is -2.30. The minimum atomic E-state index is 0.140. The normalized spacial score (nSPS) is 21.9. The van der Waals surface area contributed by atoms with Crippen LogP contribution in [0.3, 0.4) is 0 Å². The summed E-state index contributed by atoms with van der Waals surface area (Å²) in [5.41, 5.74) is 0.847. The van der Waals surface area contributed by atoms with Gasteiger partial charge in [0.25, 0.3) is 5.89 Å². The van der Waals surface area contributed by atoms with E-state index in [4.69, 9.17) is 14.0 Å². The van der Waals surface area contributed by atoms with Gasteiger partial charge < -0.3 is 19.3 Å². The van der Waals surface area contributed by atoms with Crippen molar-refractivity contribution >= 4 is 0 Å². The molecule has 122 valence electrons. The Morgan fingerprint density at radius 2 is 2.09 bits per heavy atom. The van der Waals surface area contributed by atoms with Crippen LogP contribution in [0.2, 0.25) is 0 Å². The Morgan fingerprint density at radius 1 is 1.22 bits per heavy atom. The van der Waals surface area contributed by atoms with Crippen LogP contribution in [-0.4, -0.2) is 54.9 Å². The predicted octanol–water partition coefficient (Wildman–Crippen LogP) is 1.47. The minimum Gasteiger partial charge on any atom is -0.490 e. The van der Waals surface area contributed by atoms with E-state index in [1.807, 2.05) is 18.2 Å². The van der Waals surface area contributed by atoms with Crippen LogP contribution in [0.15, 0.2) is 22.7 Å². The first kappa shape index (κ1) is 14.5. The monoisotopic (exact) mass is 316 g/mol. The molecule has 4 rings (SSSR count). The number of fused-ring (bicyclic) bond motifs is 1. The van der Waals surface area contributed by atoms with E-state index in [-0.39, 0.29) is 6.04 Å². The van der Waals surface area contributed by atoms with E-state index in [9.17, 15) is 0 Å². The Morgan fingerprint density at radius 3 is 2.96 bits per heavy atom. The number of ether oxygens (including phenoxy) is 2. The average molecular weight is 316 g/mol. The summed E-state index contributed by atoms with van der Waals surface area (Å²) >= 11 is 0. The fourth-order valence-electron chi connectivity index (χ4n) is 2.88. The van der Waals surface area contributed by atoms with Crippen LogP contribution in [-0.2, 0) is 0 Å². The lowest BCUT2D eigenvalue weighted by Crippen LogP contribution is -2.44. The van der Waals surface area contributed by atoms with Crippen molar-refractivity contribution in [3.63, 3.8) is 0 Å². The second-order valence-electron chi connectivity index (χ2n) is 5.87. The highest BCUT2D eigenvalue weighted by Gasteiger charge is 2.25. The van der Waals surface area contributed by atoms with Gasteiger partial charge in [0.15, 0.2) is 17.3 Å². The van der Waals surface area contributed by atoms with Crippen LogP contribution in [0, 0.1) is 0 Å². The van der Waals surface area contributed by atoms with E-state index in [1.54, 1.807) is 0 Å². The van der Waals surface area contributed by atoms with E-state index in [2.05, 4.69) is 27.4 Å². The molecule has 0 spiro atoms. The minimum absolute atomic E-state index is 0.140. The van der Waals surface area contributed by atoms with Gasteiger partial charge in [0.05, 0.1) is 19.3 Å². The van der Waals surface area contributed by atoms with E-state index in [1.165, 1.54) is 0 Å². The van der Waals surface area contributed by atoms with Crippen molar-refractivity contribution in [2.75, 3.05) is 39.9 Å². The third-order valence-electron chi connectivity index (χ3n) is 4.25. The maximum atomic E-state index is 5.72. The largest absolute Gasteiger partial charge is 0.490 e. The zero-order chi connectivity index (χ0) is 15.6. The molecule has 23 heavy (non-hydrogen) atoms. The SMILES string of the molecule is CN1CCNCC1c1noc(-c2ccc3c(c2)OCCCO3)n1. The molecule has 0 saturated carbocycles. The molecule has 0 bridgehead atoms. The first-order chi connectivity index (χ1) is 11.3. The zero-order valence-electron chi connectivity index (χ0n) is 13.1. The van der Waals surface area contributed by atoms with Gasteiger partial charge in [-0.15, -0.1) is 0 Å². The Labute approximate surface area is 134 Å². The number of hydrogen-bond donors (Lipinski definition) is 1. The fraction of sp³-hybridized carbons (Fsp3) is 0.500. The molecule has 1 N–H and O–H groups in total. The topological polar surface area (TPSA) is 72.7 Å². The number of piperazine rings is 1. The molecule has 0 aliphatic carbocycles. The van der Waals surface area contributed by atoms with E-state index in [0.717, 1.165) is 43.1 Å². The zero-order valence-corrected chi connectivity index (χ0v) is 13.1. The molecule has 2 aliphatic rings. The molecule has 1 unspecified atom stereocenters. The van der Waals surface area contributed by atoms with Crippen LogP contribution < -0.4 is 14.8 Å². The Bertz CT molecular complexity index is 688. The van der Waals surface area contributed by atoms with Crippen molar-refractivity contribution in [3.8, 4) is 23.0 Å². The van der Waals surface area contributed by atoms with Crippen LogP contribution in [0.25, 0.3) is 11.5 Å². The number of nitrogens with one attached hydrogen (secondary N) is 1. The smallest absolute Gasteiger partial charge is 0.258 e. The molecule has 2 aromatic rings. The fourth-order valence-corrected chi connectivity index (χ4v) is 2.88. The predicted molar refractivity (Wildman–Crippen MR) is 83.6 cm³/mol. The standard InChI is InChI=1S/C16H20N4O3/c1-20-6-5-17-10-12(20)15-18-16(23-19-15)11-3-4-13-14(9-11)22-8-2-7-21-13/h3-4,9,12,17H,2,5-8,10H2,1H3. The van der Waals surface area contributed by atoms with Gasteiger partial charge in [-0.2, -0.15) is 4.98 Å². The van der Waals surface area contributed by atoms with Crippen LogP contribution in [0.1, 0.15) is 18.3 Å². The Hall–Kier alpha value is -2.12. The van der Waals surface area contributed by atoms with Gasteiger partial charge in [-0.1, -0.05) is 5.16 Å². The molecule has 1 saturated heterocycles. The lowest BCUT2D eigenvalue weighted by molar-refractivity contribution is 0.190. The maximum absolute atomic E-state index is 5.72. The van der Waals surface area contributed by atoms with Gasteiger partial charge in [-0.25, -0.2) is 0 Å². The molecule has 1 aromatic carbocycles. The molecule has 2 aliphatic heterocycles. The second-order valence-corrected chi connectivity index (χ2v) is 5.87. The molecule has 0 amide bonds. The summed E-state index contributed by atoms with van der Waals surface area (Å²) in [4.78, 5) is 6.81. The molecule has 1 aromatic heterocycles. The third-order valence-corrected chi connectivity index (χ3v) is 4.25. The van der Waals surface area contributed by atoms with Gasteiger partial charge in [-0.05, 0) is 25.2 Å². The molecule has 7 heteroatoms. The van der Waals surface area contributed by atoms with Crippen LogP contribution in [0.5, 0.6) is 11.5 Å². The van der Waals surface area contributed by atoms with E-state index < -0.39 is 0 Å². The van der Waals surface area contributed by atoms with Gasteiger partial charge in [0.2, 0.25) is 0 Å². The van der Waals surface area contributed by atoms with Crippen molar-refractivity contribution in [2.45, 2.75) is 12.5 Å². The van der Waals surface area contributed by atoms with Crippen molar-refractivity contribution in [1.29, 1.82) is 0 Å². The second kappa shape index (κ2) is 6.17. The number of rotatable bonds is 2. The molecule has 7 nitrogen and oxygen atoms in total. The number of nitrogens with zero attached hydrogens (tertiary/aromatic N) is 3. The van der Waals surface area contributed by atoms with Gasteiger partial charge in [0.1, 0.15) is 0 Å². The highest BCUT2D eigenvalue weighted by molar-refractivity contribution is 5.59. The number of aromatic nitrogens is 2. The molecule has 1 atom stereocenters.